The molecule has 0 amide bonds. The second kappa shape index (κ2) is 6.59. The predicted octanol–water partition coefficient (Wildman–Crippen LogP) is 5.26. The zero-order chi connectivity index (χ0) is 15.6. The summed E-state index contributed by atoms with van der Waals surface area (Å²) in [5.74, 6) is -0.376. The molecule has 0 aliphatic heterocycles. The molecule has 1 nitrogen and oxygen atoms in total. The Morgan fingerprint density at radius 3 is 2.29 bits per heavy atom. The highest BCUT2D eigenvalue weighted by molar-refractivity contribution is 6.30. The first-order valence-corrected chi connectivity index (χ1v) is 7.51. The molecule has 112 valence electrons. The molecule has 1 atom stereocenters. The van der Waals surface area contributed by atoms with E-state index in [1.165, 1.54) is 28.3 Å². The van der Waals surface area contributed by atoms with Crippen LogP contribution in [0.3, 0.4) is 0 Å². The Labute approximate surface area is 131 Å². The molecule has 0 aromatic heterocycles. The summed E-state index contributed by atoms with van der Waals surface area (Å²) in [4.78, 5) is 0. The van der Waals surface area contributed by atoms with Crippen molar-refractivity contribution in [2.45, 2.75) is 40.3 Å². The monoisotopic (exact) mass is 305 g/mol. The number of hydrogen-bond acceptors (Lipinski definition) is 1. The summed E-state index contributed by atoms with van der Waals surface area (Å²) in [5, 5.41) is 3.65. The maximum absolute atomic E-state index is 13.2. The molecule has 1 unspecified atom stereocenters. The Morgan fingerprint density at radius 2 is 1.71 bits per heavy atom. The molecule has 3 heteroatoms. The first-order chi connectivity index (χ1) is 9.88. The molecule has 0 saturated heterocycles. The third-order valence-electron chi connectivity index (χ3n) is 3.77. The van der Waals surface area contributed by atoms with E-state index in [9.17, 15) is 4.39 Å². The van der Waals surface area contributed by atoms with Crippen LogP contribution in [0, 0.1) is 26.6 Å². The number of rotatable bonds is 4. The summed E-state index contributed by atoms with van der Waals surface area (Å²) in [5.41, 5.74) is 6.19. The van der Waals surface area contributed by atoms with Crippen LogP contribution in [0.4, 0.5) is 4.39 Å². The lowest BCUT2D eigenvalue weighted by Crippen LogP contribution is -2.20. The number of nitrogens with one attached hydrogen (secondary N) is 1. The molecule has 0 heterocycles. The molecule has 0 saturated carbocycles. The minimum Gasteiger partial charge on any atom is -0.306 e. The van der Waals surface area contributed by atoms with Gasteiger partial charge in [-0.1, -0.05) is 35.4 Å². The van der Waals surface area contributed by atoms with E-state index in [1.807, 2.05) is 0 Å². The Morgan fingerprint density at radius 1 is 1.10 bits per heavy atom. The van der Waals surface area contributed by atoms with Crippen molar-refractivity contribution < 1.29 is 4.39 Å². The second-order valence-electron chi connectivity index (χ2n) is 5.66. The minimum atomic E-state index is -0.376. The molecule has 0 spiro atoms. The van der Waals surface area contributed by atoms with Gasteiger partial charge in [-0.15, -0.1) is 0 Å². The van der Waals surface area contributed by atoms with Crippen molar-refractivity contribution in [3.63, 3.8) is 0 Å². The van der Waals surface area contributed by atoms with E-state index in [0.717, 1.165) is 5.56 Å². The van der Waals surface area contributed by atoms with E-state index >= 15 is 0 Å². The first-order valence-electron chi connectivity index (χ1n) is 7.13. The average molecular weight is 306 g/mol. The molecule has 21 heavy (non-hydrogen) atoms. The summed E-state index contributed by atoms with van der Waals surface area (Å²) >= 11 is 5.81. The van der Waals surface area contributed by atoms with Gasteiger partial charge in [0.05, 0.1) is 5.02 Å². The van der Waals surface area contributed by atoms with Crippen LogP contribution < -0.4 is 5.32 Å². The summed E-state index contributed by atoms with van der Waals surface area (Å²) in [6.07, 6.45) is 0. The lowest BCUT2D eigenvalue weighted by Gasteiger charge is -2.20. The molecule has 0 aliphatic carbocycles. The average Bonchev–Trinajstić information content (AvgIpc) is 2.39. The lowest BCUT2D eigenvalue weighted by atomic mass is 9.95. The number of benzene rings is 2. The summed E-state index contributed by atoms with van der Waals surface area (Å²) < 4.78 is 13.2. The Balaban J connectivity index is 2.11. The molecule has 0 bridgehead atoms. The minimum absolute atomic E-state index is 0.171. The fraction of sp³-hybridized carbons (Fsp3) is 0.333. The van der Waals surface area contributed by atoms with Gasteiger partial charge >= 0.3 is 0 Å². The van der Waals surface area contributed by atoms with Crippen LogP contribution in [0.5, 0.6) is 0 Å². The zero-order valence-corrected chi connectivity index (χ0v) is 13.7. The first kappa shape index (κ1) is 16.0. The van der Waals surface area contributed by atoms with Gasteiger partial charge in [-0.25, -0.2) is 4.39 Å². The molecule has 2 aromatic carbocycles. The molecule has 0 fully saturated rings. The fourth-order valence-electron chi connectivity index (χ4n) is 2.90. The largest absolute Gasteiger partial charge is 0.306 e. The number of aryl methyl sites for hydroxylation is 3. The van der Waals surface area contributed by atoms with Crippen LogP contribution in [0.15, 0.2) is 30.3 Å². The fourth-order valence-corrected chi connectivity index (χ4v) is 3.10. The standard InChI is InChI=1S/C18H21ClFN/c1-11-7-12(2)18(13(3)8-11)14(4)21-10-15-5-6-17(20)16(19)9-15/h5-9,14,21H,10H2,1-4H3. The normalized spacial score (nSPS) is 12.5. The van der Waals surface area contributed by atoms with Crippen molar-refractivity contribution in [2.24, 2.45) is 0 Å². The van der Waals surface area contributed by atoms with Gasteiger partial charge in [0.2, 0.25) is 0 Å². The highest BCUT2D eigenvalue weighted by Gasteiger charge is 2.12. The van der Waals surface area contributed by atoms with Crippen LogP contribution in [0.2, 0.25) is 5.02 Å². The van der Waals surface area contributed by atoms with Gasteiger partial charge in [0.15, 0.2) is 0 Å². The summed E-state index contributed by atoms with van der Waals surface area (Å²) in [6, 6.07) is 9.48. The molecule has 0 radical (unpaired) electrons. The number of hydrogen-bond donors (Lipinski definition) is 1. The van der Waals surface area contributed by atoms with Crippen LogP contribution in [-0.2, 0) is 6.54 Å². The van der Waals surface area contributed by atoms with Gasteiger partial charge in [0.25, 0.3) is 0 Å². The third kappa shape index (κ3) is 3.84. The van der Waals surface area contributed by atoms with Crippen LogP contribution in [0.25, 0.3) is 0 Å². The summed E-state index contributed by atoms with van der Waals surface area (Å²) in [6.45, 7) is 9.21. The Hall–Kier alpha value is -1.38. The van der Waals surface area contributed by atoms with Crippen molar-refractivity contribution in [2.75, 3.05) is 0 Å². The van der Waals surface area contributed by atoms with Gasteiger partial charge in [-0.05, 0) is 62.1 Å². The zero-order valence-electron chi connectivity index (χ0n) is 12.9. The predicted molar refractivity (Wildman–Crippen MR) is 87.3 cm³/mol. The maximum atomic E-state index is 13.2. The van der Waals surface area contributed by atoms with Gasteiger partial charge in [0.1, 0.15) is 5.82 Å². The van der Waals surface area contributed by atoms with E-state index < -0.39 is 0 Å². The van der Waals surface area contributed by atoms with Crippen molar-refractivity contribution in [3.05, 3.63) is 69.0 Å². The highest BCUT2D eigenvalue weighted by Crippen LogP contribution is 2.24. The van der Waals surface area contributed by atoms with E-state index in [0.29, 0.717) is 6.54 Å². The second-order valence-corrected chi connectivity index (χ2v) is 6.07. The highest BCUT2D eigenvalue weighted by atomic mass is 35.5. The molecule has 0 aliphatic rings. The van der Waals surface area contributed by atoms with Gasteiger partial charge < -0.3 is 5.32 Å². The molecule has 2 rings (SSSR count). The molecular weight excluding hydrogens is 285 g/mol. The van der Waals surface area contributed by atoms with Crippen LogP contribution in [0.1, 0.15) is 40.8 Å². The van der Waals surface area contributed by atoms with E-state index in [-0.39, 0.29) is 16.9 Å². The van der Waals surface area contributed by atoms with Crippen molar-refractivity contribution in [3.8, 4) is 0 Å². The quantitative estimate of drug-likeness (QED) is 0.813. The van der Waals surface area contributed by atoms with Gasteiger partial charge in [0, 0.05) is 12.6 Å². The lowest BCUT2D eigenvalue weighted by molar-refractivity contribution is 0.568. The number of halogens is 2. The SMILES string of the molecule is Cc1cc(C)c(C(C)NCc2ccc(F)c(Cl)c2)c(C)c1. The van der Waals surface area contributed by atoms with Gasteiger partial charge in [-0.2, -0.15) is 0 Å². The van der Waals surface area contributed by atoms with Crippen molar-refractivity contribution >= 4 is 11.6 Å². The van der Waals surface area contributed by atoms with Crippen molar-refractivity contribution in [1.82, 2.24) is 5.32 Å². The Bertz CT molecular complexity index is 629. The third-order valence-corrected chi connectivity index (χ3v) is 4.06. The topological polar surface area (TPSA) is 12.0 Å². The van der Waals surface area contributed by atoms with Crippen LogP contribution >= 0.6 is 11.6 Å². The summed E-state index contributed by atoms with van der Waals surface area (Å²) in [7, 11) is 0. The molecule has 2 aromatic rings. The van der Waals surface area contributed by atoms with Gasteiger partial charge in [-0.3, -0.25) is 0 Å². The molecular formula is C18H21ClFN. The maximum Gasteiger partial charge on any atom is 0.141 e. The van der Waals surface area contributed by atoms with E-state index in [2.05, 4.69) is 45.1 Å². The molecule has 1 N–H and O–H groups in total. The smallest absolute Gasteiger partial charge is 0.141 e. The Kier molecular flexibility index (Phi) is 5.02. The van der Waals surface area contributed by atoms with Crippen LogP contribution in [-0.4, -0.2) is 0 Å². The van der Waals surface area contributed by atoms with E-state index in [4.69, 9.17) is 11.6 Å². The van der Waals surface area contributed by atoms with E-state index in [1.54, 1.807) is 12.1 Å². The van der Waals surface area contributed by atoms with Crippen molar-refractivity contribution in [1.29, 1.82) is 0 Å².